The molecule has 5 heteroatoms. The second-order valence-electron chi connectivity index (χ2n) is 4.38. The van der Waals surface area contributed by atoms with Gasteiger partial charge in [-0.15, -0.1) is 0 Å². The monoisotopic (exact) mass is 224 g/mol. The van der Waals surface area contributed by atoms with E-state index in [1.54, 1.807) is 0 Å². The Balaban J connectivity index is 2.12. The number of anilines is 1. The van der Waals surface area contributed by atoms with Crippen molar-refractivity contribution in [3.63, 3.8) is 0 Å². The van der Waals surface area contributed by atoms with Gasteiger partial charge in [-0.25, -0.2) is 0 Å². The van der Waals surface area contributed by atoms with Crippen LogP contribution in [0.15, 0.2) is 4.52 Å². The van der Waals surface area contributed by atoms with Crippen molar-refractivity contribution in [3.8, 4) is 0 Å². The van der Waals surface area contributed by atoms with Gasteiger partial charge in [-0.1, -0.05) is 6.42 Å². The van der Waals surface area contributed by atoms with E-state index in [2.05, 4.69) is 22.4 Å². The summed E-state index contributed by atoms with van der Waals surface area (Å²) in [6.07, 6.45) is 3.57. The highest BCUT2D eigenvalue weighted by Gasteiger charge is 2.32. The van der Waals surface area contributed by atoms with Crippen LogP contribution in [-0.2, 0) is 0 Å². The number of hydrogen-bond acceptors (Lipinski definition) is 5. The Kier molecular flexibility index (Phi) is 3.43. The number of likely N-dealkylation sites (N-methyl/N-ethyl adjacent to an activating group) is 1. The van der Waals surface area contributed by atoms with E-state index >= 15 is 0 Å². The van der Waals surface area contributed by atoms with Crippen LogP contribution < -0.4 is 10.2 Å². The normalized spacial score (nSPS) is 24.9. The first kappa shape index (κ1) is 11.4. The van der Waals surface area contributed by atoms with Crippen molar-refractivity contribution in [2.24, 2.45) is 0 Å². The van der Waals surface area contributed by atoms with Gasteiger partial charge in [0.2, 0.25) is 5.89 Å². The predicted molar refractivity (Wildman–Crippen MR) is 62.7 cm³/mol. The Bertz CT molecular complexity index is 338. The summed E-state index contributed by atoms with van der Waals surface area (Å²) >= 11 is 0. The van der Waals surface area contributed by atoms with Crippen LogP contribution in [0.4, 0.5) is 5.95 Å². The molecule has 16 heavy (non-hydrogen) atoms. The van der Waals surface area contributed by atoms with E-state index < -0.39 is 0 Å². The Morgan fingerprint density at radius 1 is 1.50 bits per heavy atom. The quantitative estimate of drug-likeness (QED) is 0.837. The van der Waals surface area contributed by atoms with Crippen molar-refractivity contribution in [2.75, 3.05) is 25.5 Å². The van der Waals surface area contributed by atoms with E-state index in [1.807, 2.05) is 19.0 Å². The summed E-state index contributed by atoms with van der Waals surface area (Å²) in [4.78, 5) is 6.45. The van der Waals surface area contributed by atoms with E-state index in [1.165, 1.54) is 12.8 Å². The van der Waals surface area contributed by atoms with Crippen molar-refractivity contribution in [2.45, 2.75) is 38.1 Å². The highest BCUT2D eigenvalue weighted by Crippen LogP contribution is 2.33. The van der Waals surface area contributed by atoms with Crippen molar-refractivity contribution in [1.82, 2.24) is 15.5 Å². The summed E-state index contributed by atoms with van der Waals surface area (Å²) in [6, 6.07) is 0.486. The van der Waals surface area contributed by atoms with E-state index in [0.717, 1.165) is 18.9 Å². The van der Waals surface area contributed by atoms with Crippen LogP contribution >= 0.6 is 0 Å². The molecule has 1 heterocycles. The zero-order chi connectivity index (χ0) is 11.5. The lowest BCUT2D eigenvalue weighted by Gasteiger charge is -2.14. The van der Waals surface area contributed by atoms with Crippen LogP contribution in [0.3, 0.4) is 0 Å². The van der Waals surface area contributed by atoms with Gasteiger partial charge in [-0.2, -0.15) is 4.98 Å². The minimum Gasteiger partial charge on any atom is -0.342 e. The second kappa shape index (κ2) is 4.82. The molecule has 0 bridgehead atoms. The average molecular weight is 224 g/mol. The molecule has 2 atom stereocenters. The van der Waals surface area contributed by atoms with Gasteiger partial charge in [0, 0.05) is 19.6 Å². The molecule has 1 fully saturated rings. The smallest absolute Gasteiger partial charge is 0.265 e. The first-order chi connectivity index (χ1) is 7.76. The number of hydrogen-bond donors (Lipinski definition) is 1. The zero-order valence-corrected chi connectivity index (χ0v) is 10.2. The number of nitrogens with zero attached hydrogens (tertiary/aromatic N) is 3. The second-order valence-corrected chi connectivity index (χ2v) is 4.38. The highest BCUT2D eigenvalue weighted by molar-refractivity contribution is 5.26. The fourth-order valence-corrected chi connectivity index (χ4v) is 2.28. The summed E-state index contributed by atoms with van der Waals surface area (Å²) in [6.45, 7) is 2.96. The molecule has 2 unspecified atom stereocenters. The fraction of sp³-hybridized carbons (Fsp3) is 0.818. The SMILES string of the molecule is CCN(C)c1noc(C2CCCC2NC)n1. The van der Waals surface area contributed by atoms with Gasteiger partial charge in [0.25, 0.3) is 5.95 Å². The minimum atomic E-state index is 0.386. The minimum absolute atomic E-state index is 0.386. The summed E-state index contributed by atoms with van der Waals surface area (Å²) in [7, 11) is 3.97. The molecule has 0 aromatic carbocycles. The molecular formula is C11H20N4O. The molecule has 1 aliphatic carbocycles. The largest absolute Gasteiger partial charge is 0.342 e. The summed E-state index contributed by atoms with van der Waals surface area (Å²) < 4.78 is 5.36. The van der Waals surface area contributed by atoms with Gasteiger partial charge in [0.15, 0.2) is 0 Å². The lowest BCUT2D eigenvalue weighted by atomic mass is 10.0. The third kappa shape index (κ3) is 2.04. The van der Waals surface area contributed by atoms with Crippen LogP contribution in [-0.4, -0.2) is 36.8 Å². The first-order valence-electron chi connectivity index (χ1n) is 5.98. The first-order valence-corrected chi connectivity index (χ1v) is 5.98. The molecule has 1 aromatic heterocycles. The lowest BCUT2D eigenvalue weighted by Crippen LogP contribution is -2.27. The molecule has 5 nitrogen and oxygen atoms in total. The van der Waals surface area contributed by atoms with E-state index in [0.29, 0.717) is 17.9 Å². The van der Waals surface area contributed by atoms with Gasteiger partial charge < -0.3 is 14.7 Å². The Morgan fingerprint density at radius 3 is 3.00 bits per heavy atom. The maximum atomic E-state index is 5.36. The summed E-state index contributed by atoms with van der Waals surface area (Å²) in [5, 5.41) is 7.34. The van der Waals surface area contributed by atoms with Crippen LogP contribution in [0.2, 0.25) is 0 Å². The Morgan fingerprint density at radius 2 is 2.31 bits per heavy atom. The standard InChI is InChI=1S/C11H20N4O/c1-4-15(3)11-13-10(16-14-11)8-6-5-7-9(8)12-2/h8-9,12H,4-7H2,1-3H3. The number of rotatable bonds is 4. The molecule has 0 aliphatic heterocycles. The predicted octanol–water partition coefficient (Wildman–Crippen LogP) is 1.38. The molecule has 0 spiro atoms. The van der Waals surface area contributed by atoms with Crippen LogP contribution in [0, 0.1) is 0 Å². The topological polar surface area (TPSA) is 54.2 Å². The van der Waals surface area contributed by atoms with Crippen molar-refractivity contribution < 1.29 is 4.52 Å². The molecule has 0 radical (unpaired) electrons. The van der Waals surface area contributed by atoms with Gasteiger partial charge in [0.05, 0.1) is 5.92 Å². The zero-order valence-electron chi connectivity index (χ0n) is 10.2. The van der Waals surface area contributed by atoms with Crippen molar-refractivity contribution in [3.05, 3.63) is 5.89 Å². The molecule has 1 aliphatic rings. The highest BCUT2D eigenvalue weighted by atomic mass is 16.5. The van der Waals surface area contributed by atoms with Gasteiger partial charge in [-0.3, -0.25) is 0 Å². The average Bonchev–Trinajstić information content (AvgIpc) is 2.95. The van der Waals surface area contributed by atoms with Crippen molar-refractivity contribution >= 4 is 5.95 Å². The maximum Gasteiger partial charge on any atom is 0.265 e. The third-order valence-electron chi connectivity index (χ3n) is 3.45. The lowest BCUT2D eigenvalue weighted by molar-refractivity contribution is 0.335. The third-order valence-corrected chi connectivity index (χ3v) is 3.45. The van der Waals surface area contributed by atoms with Gasteiger partial charge in [0.1, 0.15) is 0 Å². The van der Waals surface area contributed by atoms with Crippen LogP contribution in [0.5, 0.6) is 0 Å². The molecule has 1 saturated carbocycles. The van der Waals surface area contributed by atoms with Crippen molar-refractivity contribution in [1.29, 1.82) is 0 Å². The summed E-state index contributed by atoms with van der Waals surface area (Å²) in [5.74, 6) is 1.86. The Labute approximate surface area is 96.2 Å². The molecule has 0 saturated heterocycles. The molecule has 2 rings (SSSR count). The molecule has 0 amide bonds. The molecule has 90 valence electrons. The van der Waals surface area contributed by atoms with Gasteiger partial charge in [-0.05, 0) is 32.0 Å². The Hall–Kier alpha value is -1.10. The van der Waals surface area contributed by atoms with Crippen LogP contribution in [0.1, 0.15) is 38.0 Å². The number of nitrogens with one attached hydrogen (secondary N) is 1. The number of aromatic nitrogens is 2. The maximum absolute atomic E-state index is 5.36. The molecular weight excluding hydrogens is 204 g/mol. The van der Waals surface area contributed by atoms with E-state index in [-0.39, 0.29) is 0 Å². The van der Waals surface area contributed by atoms with Gasteiger partial charge >= 0.3 is 0 Å². The van der Waals surface area contributed by atoms with E-state index in [9.17, 15) is 0 Å². The molecule has 1 N–H and O–H groups in total. The summed E-state index contributed by atoms with van der Waals surface area (Å²) in [5.41, 5.74) is 0. The van der Waals surface area contributed by atoms with Crippen LogP contribution in [0.25, 0.3) is 0 Å². The van der Waals surface area contributed by atoms with E-state index in [4.69, 9.17) is 4.52 Å². The fourth-order valence-electron chi connectivity index (χ4n) is 2.28. The molecule has 1 aromatic rings.